The molecule has 0 amide bonds. The molecule has 1 saturated carbocycles. The molecule has 0 spiro atoms. The van der Waals surface area contributed by atoms with Crippen LogP contribution in [0.15, 0.2) is 24.5 Å². The fourth-order valence-electron chi connectivity index (χ4n) is 2.15. The molecular weight excluding hydrogens is 242 g/mol. The van der Waals surface area contributed by atoms with Crippen molar-refractivity contribution >= 4 is 5.97 Å². The number of hydrogen-bond donors (Lipinski definition) is 1. The van der Waals surface area contributed by atoms with Crippen molar-refractivity contribution in [3.8, 4) is 11.3 Å². The number of pyridine rings is 1. The van der Waals surface area contributed by atoms with E-state index in [1.54, 1.807) is 19.3 Å². The van der Waals surface area contributed by atoms with Crippen LogP contribution in [-0.4, -0.2) is 27.8 Å². The monoisotopic (exact) mass is 257 g/mol. The Balaban J connectivity index is 2.07. The molecule has 0 atom stereocenters. The molecule has 5 heteroatoms. The summed E-state index contributed by atoms with van der Waals surface area (Å²) in [6.07, 6.45) is 5.58. The Kier molecular flexibility index (Phi) is 3.03. The average Bonchev–Trinajstić information content (AvgIpc) is 3.18. The molecule has 19 heavy (non-hydrogen) atoms. The summed E-state index contributed by atoms with van der Waals surface area (Å²) in [7, 11) is 0. The Hall–Kier alpha value is -2.17. The summed E-state index contributed by atoms with van der Waals surface area (Å²) in [6, 6.07) is 3.69. The molecule has 5 nitrogen and oxygen atoms in total. The summed E-state index contributed by atoms with van der Waals surface area (Å²) in [4.78, 5) is 16.1. The van der Waals surface area contributed by atoms with Crippen molar-refractivity contribution in [2.45, 2.75) is 25.7 Å². The van der Waals surface area contributed by atoms with Crippen molar-refractivity contribution in [3.63, 3.8) is 0 Å². The highest BCUT2D eigenvalue weighted by Crippen LogP contribution is 2.42. The molecule has 0 saturated heterocycles. The van der Waals surface area contributed by atoms with Gasteiger partial charge in [0.25, 0.3) is 0 Å². The molecule has 1 aliphatic rings. The minimum Gasteiger partial charge on any atom is -0.462 e. The Morgan fingerprint density at radius 2 is 2.16 bits per heavy atom. The van der Waals surface area contributed by atoms with Gasteiger partial charge >= 0.3 is 5.97 Å². The van der Waals surface area contributed by atoms with Crippen LogP contribution in [0.3, 0.4) is 0 Å². The predicted molar refractivity (Wildman–Crippen MR) is 69.8 cm³/mol. The molecule has 2 heterocycles. The number of ether oxygens (including phenoxy) is 1. The maximum Gasteiger partial charge on any atom is 0.342 e. The van der Waals surface area contributed by atoms with Gasteiger partial charge < -0.3 is 4.74 Å². The maximum absolute atomic E-state index is 12.2. The number of hydrogen-bond acceptors (Lipinski definition) is 4. The second-order valence-electron chi connectivity index (χ2n) is 4.59. The van der Waals surface area contributed by atoms with Gasteiger partial charge in [0, 0.05) is 23.9 Å². The second-order valence-corrected chi connectivity index (χ2v) is 4.59. The van der Waals surface area contributed by atoms with Crippen molar-refractivity contribution in [2.75, 3.05) is 6.61 Å². The van der Waals surface area contributed by atoms with Crippen LogP contribution in [0.25, 0.3) is 11.3 Å². The predicted octanol–water partition coefficient (Wildman–Crippen LogP) is 2.53. The Labute approximate surface area is 111 Å². The number of nitrogens with one attached hydrogen (secondary N) is 1. The highest BCUT2D eigenvalue weighted by Gasteiger charge is 2.33. The van der Waals surface area contributed by atoms with E-state index >= 15 is 0 Å². The smallest absolute Gasteiger partial charge is 0.342 e. The molecule has 0 radical (unpaired) electrons. The van der Waals surface area contributed by atoms with Crippen LogP contribution in [0, 0.1) is 0 Å². The summed E-state index contributed by atoms with van der Waals surface area (Å²) in [5.41, 5.74) is 3.02. The Morgan fingerprint density at radius 3 is 2.79 bits per heavy atom. The fraction of sp³-hybridized carbons (Fsp3) is 0.357. The van der Waals surface area contributed by atoms with Crippen LogP contribution < -0.4 is 0 Å². The summed E-state index contributed by atoms with van der Waals surface area (Å²) in [5, 5.41) is 7.30. The number of nitrogens with zero attached hydrogens (tertiary/aromatic N) is 2. The lowest BCUT2D eigenvalue weighted by molar-refractivity contribution is 0.0526. The zero-order valence-corrected chi connectivity index (χ0v) is 10.7. The third kappa shape index (κ3) is 2.23. The van der Waals surface area contributed by atoms with Crippen molar-refractivity contribution in [1.29, 1.82) is 0 Å². The minimum atomic E-state index is -0.301. The standard InChI is InChI=1S/C14H15N3O2/c1-2-19-14(18)11-12(9-3-4-9)16-17-13(11)10-5-7-15-8-6-10/h5-9H,2-4H2,1H3,(H,16,17). The molecular formula is C14H15N3O2. The first-order valence-electron chi connectivity index (χ1n) is 6.47. The number of aromatic amines is 1. The highest BCUT2D eigenvalue weighted by atomic mass is 16.5. The van der Waals surface area contributed by atoms with E-state index in [9.17, 15) is 4.79 Å². The van der Waals surface area contributed by atoms with Gasteiger partial charge in [-0.25, -0.2) is 4.79 Å². The first-order valence-corrected chi connectivity index (χ1v) is 6.47. The number of rotatable bonds is 4. The zero-order valence-electron chi connectivity index (χ0n) is 10.7. The van der Waals surface area contributed by atoms with Crippen molar-refractivity contribution in [3.05, 3.63) is 35.8 Å². The van der Waals surface area contributed by atoms with E-state index in [-0.39, 0.29) is 5.97 Å². The van der Waals surface area contributed by atoms with E-state index in [0.29, 0.717) is 23.8 Å². The Morgan fingerprint density at radius 1 is 1.42 bits per heavy atom. The van der Waals surface area contributed by atoms with Crippen LogP contribution in [0.1, 0.15) is 41.7 Å². The van der Waals surface area contributed by atoms with Crippen LogP contribution in [0.2, 0.25) is 0 Å². The molecule has 1 fully saturated rings. The number of carbonyl (C=O) groups excluding carboxylic acids is 1. The first-order chi connectivity index (χ1) is 9.31. The Bertz CT molecular complexity index is 588. The molecule has 2 aromatic heterocycles. The third-order valence-corrected chi connectivity index (χ3v) is 3.21. The van der Waals surface area contributed by atoms with Crippen LogP contribution in [0.5, 0.6) is 0 Å². The van der Waals surface area contributed by atoms with Gasteiger partial charge in [0.05, 0.1) is 12.3 Å². The molecule has 1 N–H and O–H groups in total. The van der Waals surface area contributed by atoms with Gasteiger partial charge in [0.2, 0.25) is 0 Å². The van der Waals surface area contributed by atoms with Gasteiger partial charge in [-0.15, -0.1) is 0 Å². The SMILES string of the molecule is CCOC(=O)c1c(-c2ccncc2)n[nH]c1C1CC1. The molecule has 98 valence electrons. The van der Waals surface area contributed by atoms with Gasteiger partial charge in [-0.05, 0) is 31.9 Å². The molecule has 0 unspecified atom stereocenters. The van der Waals surface area contributed by atoms with Crippen molar-refractivity contribution < 1.29 is 9.53 Å². The normalized spacial score (nSPS) is 14.4. The lowest BCUT2D eigenvalue weighted by Crippen LogP contribution is -2.07. The average molecular weight is 257 g/mol. The van der Waals surface area contributed by atoms with Gasteiger partial charge in [0.15, 0.2) is 0 Å². The molecule has 1 aliphatic carbocycles. The summed E-state index contributed by atoms with van der Waals surface area (Å²) in [5.74, 6) is 0.118. The number of aromatic nitrogens is 3. The lowest BCUT2D eigenvalue weighted by Gasteiger charge is -2.04. The fourth-order valence-corrected chi connectivity index (χ4v) is 2.15. The lowest BCUT2D eigenvalue weighted by atomic mass is 10.1. The van der Waals surface area contributed by atoms with Crippen LogP contribution >= 0.6 is 0 Å². The quantitative estimate of drug-likeness (QED) is 0.854. The van der Waals surface area contributed by atoms with Gasteiger partial charge in [-0.2, -0.15) is 5.10 Å². The molecule has 0 aromatic carbocycles. The van der Waals surface area contributed by atoms with E-state index < -0.39 is 0 Å². The van der Waals surface area contributed by atoms with Crippen molar-refractivity contribution in [1.82, 2.24) is 15.2 Å². The topological polar surface area (TPSA) is 67.9 Å². The van der Waals surface area contributed by atoms with Crippen LogP contribution in [-0.2, 0) is 4.74 Å². The summed E-state index contributed by atoms with van der Waals surface area (Å²) in [6.45, 7) is 2.17. The maximum atomic E-state index is 12.2. The highest BCUT2D eigenvalue weighted by molar-refractivity contribution is 5.97. The second kappa shape index (κ2) is 4.84. The van der Waals surface area contributed by atoms with E-state index in [4.69, 9.17) is 4.74 Å². The zero-order chi connectivity index (χ0) is 13.2. The van der Waals surface area contributed by atoms with Gasteiger partial charge in [0.1, 0.15) is 11.3 Å². The van der Waals surface area contributed by atoms with Crippen LogP contribution in [0.4, 0.5) is 0 Å². The van der Waals surface area contributed by atoms with E-state index in [1.807, 2.05) is 12.1 Å². The van der Waals surface area contributed by atoms with Gasteiger partial charge in [-0.1, -0.05) is 0 Å². The molecule has 0 bridgehead atoms. The van der Waals surface area contributed by atoms with Crippen molar-refractivity contribution in [2.24, 2.45) is 0 Å². The molecule has 3 rings (SSSR count). The largest absolute Gasteiger partial charge is 0.462 e. The van der Waals surface area contributed by atoms with E-state index in [0.717, 1.165) is 24.1 Å². The number of esters is 1. The molecule has 2 aromatic rings. The van der Waals surface area contributed by atoms with E-state index in [2.05, 4.69) is 15.2 Å². The van der Waals surface area contributed by atoms with Gasteiger partial charge in [-0.3, -0.25) is 10.1 Å². The number of carbonyl (C=O) groups is 1. The third-order valence-electron chi connectivity index (χ3n) is 3.21. The summed E-state index contributed by atoms with van der Waals surface area (Å²) >= 11 is 0. The minimum absolute atomic E-state index is 0.301. The molecule has 0 aliphatic heterocycles. The summed E-state index contributed by atoms with van der Waals surface area (Å²) < 4.78 is 5.15. The first kappa shape index (κ1) is 11.9. The van der Waals surface area contributed by atoms with E-state index in [1.165, 1.54) is 0 Å². The number of H-pyrrole nitrogens is 1.